The normalized spacial score (nSPS) is 15.6. The Bertz CT molecular complexity index is 907. The van der Waals surface area contributed by atoms with Crippen molar-refractivity contribution >= 4 is 27.1 Å². The first kappa shape index (κ1) is 16.6. The lowest BCUT2D eigenvalue weighted by atomic mass is 10.3. The van der Waals surface area contributed by atoms with E-state index >= 15 is 0 Å². The number of fused-ring (bicyclic) bond motifs is 1. The van der Waals surface area contributed by atoms with Gasteiger partial charge in [-0.05, 0) is 12.1 Å². The van der Waals surface area contributed by atoms with Crippen LogP contribution in [0.15, 0.2) is 27.7 Å². The van der Waals surface area contributed by atoms with E-state index in [0.717, 1.165) is 0 Å². The number of nitrogens with zero attached hydrogens (tertiary/aromatic N) is 2. The van der Waals surface area contributed by atoms with Gasteiger partial charge in [-0.3, -0.25) is 0 Å². The molecule has 0 saturated heterocycles. The predicted octanol–water partition coefficient (Wildman–Crippen LogP) is 2.27. The summed E-state index contributed by atoms with van der Waals surface area (Å²) in [6, 6.07) is 3.45. The van der Waals surface area contributed by atoms with E-state index in [1.807, 2.05) is 0 Å². The van der Waals surface area contributed by atoms with E-state index in [1.165, 1.54) is 6.26 Å². The van der Waals surface area contributed by atoms with Crippen molar-refractivity contribution in [3.63, 3.8) is 0 Å². The second-order valence-electron chi connectivity index (χ2n) is 5.01. The molecule has 2 aromatic rings. The predicted molar refractivity (Wildman–Crippen MR) is 85.3 cm³/mol. The number of anilines is 1. The molecular weight excluding hydrogens is 359 g/mol. The Morgan fingerprint density at radius 2 is 2.33 bits per heavy atom. The van der Waals surface area contributed by atoms with Crippen molar-refractivity contribution in [3.8, 4) is 18.2 Å². The van der Waals surface area contributed by atoms with E-state index < -0.39 is 20.8 Å². The minimum atomic E-state index is -3.77. The summed E-state index contributed by atoms with van der Waals surface area (Å²) in [5.74, 6) is 1.30. The van der Waals surface area contributed by atoms with Crippen LogP contribution < -0.4 is 9.64 Å². The van der Waals surface area contributed by atoms with Crippen molar-refractivity contribution in [2.45, 2.75) is 11.4 Å². The largest absolute Gasteiger partial charge is 0.467 e. The summed E-state index contributed by atoms with van der Waals surface area (Å²) in [6.45, 7) is 0.229. The molecule has 1 aliphatic rings. The maximum absolute atomic E-state index is 14.0. The molecule has 0 amide bonds. The lowest BCUT2D eigenvalue weighted by Crippen LogP contribution is -2.36. The van der Waals surface area contributed by atoms with Crippen molar-refractivity contribution in [1.82, 2.24) is 4.98 Å². The molecule has 0 spiro atoms. The van der Waals surface area contributed by atoms with Gasteiger partial charge in [-0.15, -0.1) is 6.42 Å². The second-order valence-corrected chi connectivity index (χ2v) is 7.44. The van der Waals surface area contributed by atoms with Crippen molar-refractivity contribution in [3.05, 3.63) is 35.1 Å². The smallest absolute Gasteiger partial charge is 0.242 e. The first-order valence-corrected chi connectivity index (χ1v) is 8.92. The van der Waals surface area contributed by atoms with Crippen LogP contribution in [0.3, 0.4) is 0 Å². The Hall–Kier alpha value is -2.24. The van der Waals surface area contributed by atoms with Crippen molar-refractivity contribution in [2.75, 3.05) is 23.8 Å². The van der Waals surface area contributed by atoms with Crippen LogP contribution in [0, 0.1) is 18.3 Å². The number of sulfone groups is 1. The number of furan rings is 1. The van der Waals surface area contributed by atoms with Crippen LogP contribution >= 0.6 is 11.6 Å². The van der Waals surface area contributed by atoms with Gasteiger partial charge < -0.3 is 14.1 Å². The quantitative estimate of drug-likeness (QED) is 0.607. The fraction of sp³-hybridized carbons (Fsp3) is 0.267. The third-order valence-corrected chi connectivity index (χ3v) is 5.67. The fourth-order valence-electron chi connectivity index (χ4n) is 2.45. The topological polar surface area (TPSA) is 72.6 Å². The summed E-state index contributed by atoms with van der Waals surface area (Å²) in [4.78, 5) is 4.95. The van der Waals surface area contributed by atoms with Crippen LogP contribution in [0.2, 0.25) is 5.02 Å². The molecule has 0 aromatic carbocycles. The molecule has 3 heterocycles. The zero-order chi connectivity index (χ0) is 17.3. The molecule has 1 aliphatic heterocycles. The third-order valence-electron chi connectivity index (χ3n) is 3.47. The number of terminal acetylenes is 1. The first-order valence-electron chi connectivity index (χ1n) is 6.89. The molecule has 24 heavy (non-hydrogen) atoms. The molecule has 0 radical (unpaired) electrons. The fourth-order valence-corrected chi connectivity index (χ4v) is 4.47. The van der Waals surface area contributed by atoms with Crippen molar-refractivity contribution < 1.29 is 22.0 Å². The lowest BCUT2D eigenvalue weighted by molar-refractivity contribution is 0.345. The van der Waals surface area contributed by atoms with Gasteiger partial charge in [0.1, 0.15) is 21.4 Å². The molecule has 3 rings (SSSR count). The average Bonchev–Trinajstić information content (AvgIpc) is 3.04. The molecule has 6 nitrogen and oxygen atoms in total. The van der Waals surface area contributed by atoms with Crippen LogP contribution in [-0.4, -0.2) is 32.3 Å². The average molecular weight is 371 g/mol. The molecular formula is C15H12ClFN2O4S. The Kier molecular flexibility index (Phi) is 4.39. The van der Waals surface area contributed by atoms with Gasteiger partial charge in [-0.1, -0.05) is 17.5 Å². The standard InChI is InChI=1S/C15H12ClFN2O4S/c1-2-6-23-15-12-13(11(16)14(17)18-15)24(20,21)8-5-19(12)9-10-4-3-7-22-10/h1,3-4,7H,5-6,8-9H2. The molecule has 0 unspecified atom stereocenters. The third kappa shape index (κ3) is 2.92. The number of halogens is 2. The van der Waals surface area contributed by atoms with Crippen molar-refractivity contribution in [1.29, 1.82) is 0 Å². The Morgan fingerprint density at radius 1 is 1.54 bits per heavy atom. The SMILES string of the molecule is C#CCOc1nc(F)c(Cl)c2c1N(Cc1ccco1)CCS2(=O)=O. The van der Waals surface area contributed by atoms with E-state index in [1.54, 1.807) is 17.0 Å². The monoisotopic (exact) mass is 370 g/mol. The summed E-state index contributed by atoms with van der Waals surface area (Å²) < 4.78 is 49.3. The summed E-state index contributed by atoms with van der Waals surface area (Å²) in [5.41, 5.74) is 0.0966. The Labute approximate surface area is 143 Å². The summed E-state index contributed by atoms with van der Waals surface area (Å²) in [5, 5.41) is -0.554. The zero-order valence-corrected chi connectivity index (χ0v) is 13.9. The Morgan fingerprint density at radius 3 is 3.00 bits per heavy atom. The number of pyridine rings is 1. The molecule has 0 saturated carbocycles. The Balaban J connectivity index is 2.17. The van der Waals surface area contributed by atoms with Crippen LogP contribution in [0.1, 0.15) is 5.76 Å². The number of hydrogen-bond donors (Lipinski definition) is 0. The first-order chi connectivity index (χ1) is 11.4. The van der Waals surface area contributed by atoms with Gasteiger partial charge in [-0.25, -0.2) is 8.42 Å². The highest BCUT2D eigenvalue weighted by Crippen LogP contribution is 2.43. The molecule has 2 aromatic heterocycles. The minimum Gasteiger partial charge on any atom is -0.467 e. The molecule has 9 heteroatoms. The second kappa shape index (κ2) is 6.34. The zero-order valence-electron chi connectivity index (χ0n) is 12.3. The van der Waals surface area contributed by atoms with Crippen LogP contribution in [0.25, 0.3) is 0 Å². The maximum atomic E-state index is 14.0. The highest BCUT2D eigenvalue weighted by atomic mass is 35.5. The molecule has 0 bridgehead atoms. The van der Waals surface area contributed by atoms with Gasteiger partial charge in [-0.2, -0.15) is 9.37 Å². The van der Waals surface area contributed by atoms with Gasteiger partial charge in [0.2, 0.25) is 11.8 Å². The van der Waals surface area contributed by atoms with E-state index in [2.05, 4.69) is 10.9 Å². The van der Waals surface area contributed by atoms with E-state index in [-0.39, 0.29) is 41.9 Å². The number of hydrogen-bond acceptors (Lipinski definition) is 6. The van der Waals surface area contributed by atoms with Gasteiger partial charge in [0.15, 0.2) is 16.4 Å². The van der Waals surface area contributed by atoms with Crippen LogP contribution in [0.5, 0.6) is 5.88 Å². The number of aromatic nitrogens is 1. The van der Waals surface area contributed by atoms with Crippen LogP contribution in [-0.2, 0) is 16.4 Å². The molecule has 0 N–H and O–H groups in total. The molecule has 0 atom stereocenters. The highest BCUT2D eigenvalue weighted by Gasteiger charge is 2.36. The molecule has 0 fully saturated rings. The summed E-state index contributed by atoms with van der Waals surface area (Å²) >= 11 is 5.89. The molecule has 0 aliphatic carbocycles. The van der Waals surface area contributed by atoms with Crippen LogP contribution in [0.4, 0.5) is 10.1 Å². The lowest BCUT2D eigenvalue weighted by Gasteiger charge is -2.31. The highest BCUT2D eigenvalue weighted by molar-refractivity contribution is 7.91. The van der Waals surface area contributed by atoms with E-state index in [0.29, 0.717) is 5.76 Å². The van der Waals surface area contributed by atoms with Gasteiger partial charge in [0.05, 0.1) is 18.6 Å². The summed E-state index contributed by atoms with van der Waals surface area (Å²) in [6.07, 6.45) is 6.65. The summed E-state index contributed by atoms with van der Waals surface area (Å²) in [7, 11) is -3.77. The van der Waals surface area contributed by atoms with E-state index in [9.17, 15) is 12.8 Å². The van der Waals surface area contributed by atoms with Crippen molar-refractivity contribution in [2.24, 2.45) is 0 Å². The minimum absolute atomic E-state index is 0.0966. The maximum Gasteiger partial charge on any atom is 0.242 e. The number of rotatable bonds is 4. The van der Waals surface area contributed by atoms with Gasteiger partial charge >= 0.3 is 0 Å². The van der Waals surface area contributed by atoms with Gasteiger partial charge in [0, 0.05) is 6.54 Å². The van der Waals surface area contributed by atoms with Gasteiger partial charge in [0.25, 0.3) is 0 Å². The number of ether oxygens (including phenoxy) is 1. The molecule has 126 valence electrons. The van der Waals surface area contributed by atoms with E-state index in [4.69, 9.17) is 27.2 Å².